The van der Waals surface area contributed by atoms with E-state index in [-0.39, 0.29) is 5.41 Å². The van der Waals surface area contributed by atoms with Gasteiger partial charge < -0.3 is 4.90 Å². The van der Waals surface area contributed by atoms with Crippen LogP contribution >= 0.6 is 0 Å². The van der Waals surface area contributed by atoms with E-state index in [0.717, 1.165) is 17.1 Å². The predicted octanol–water partition coefficient (Wildman–Crippen LogP) is 12.7. The van der Waals surface area contributed by atoms with E-state index in [2.05, 4.69) is 203 Å². The number of benzene rings is 5. The fourth-order valence-corrected chi connectivity index (χ4v) is 6.82. The second-order valence-electron chi connectivity index (χ2n) is 12.5. The standard InChI is InChI=1S/C45H43N/c1-6-16-36(28-33(3)4)38-20-15-24-41(30-38)46(40-23-14-19-37(29-40)35-17-10-8-11-18-35)42-25-26-43-34(5)32-45(27-7-2,44(43)31-42)39-21-12-9-13-22-39/h6-33H,1-5H3/b16-6-,27-7+,36-28+. The van der Waals surface area contributed by atoms with E-state index in [9.17, 15) is 0 Å². The molecule has 1 atom stereocenters. The molecule has 0 aromatic heterocycles. The zero-order chi connectivity index (χ0) is 32.1. The van der Waals surface area contributed by atoms with Gasteiger partial charge in [0.15, 0.2) is 0 Å². The summed E-state index contributed by atoms with van der Waals surface area (Å²) < 4.78 is 0. The van der Waals surface area contributed by atoms with Gasteiger partial charge in [-0.25, -0.2) is 0 Å². The normalized spacial score (nSPS) is 16.3. The quantitative estimate of drug-likeness (QED) is 0.121. The van der Waals surface area contributed by atoms with Crippen LogP contribution in [0.3, 0.4) is 0 Å². The Hall–Kier alpha value is -5.14. The number of nitrogens with zero attached hydrogens (tertiary/aromatic N) is 1. The molecule has 1 nitrogen and oxygen atoms in total. The third-order valence-corrected chi connectivity index (χ3v) is 8.77. The molecule has 0 heterocycles. The van der Waals surface area contributed by atoms with Crippen molar-refractivity contribution in [2.24, 2.45) is 5.92 Å². The molecule has 1 heteroatoms. The van der Waals surface area contributed by atoms with Crippen LogP contribution in [-0.2, 0) is 5.41 Å². The molecule has 1 aliphatic carbocycles. The molecule has 0 aliphatic heterocycles. The maximum absolute atomic E-state index is 2.43. The van der Waals surface area contributed by atoms with E-state index in [4.69, 9.17) is 0 Å². The molecular weight excluding hydrogens is 555 g/mol. The molecule has 0 saturated carbocycles. The number of rotatable bonds is 9. The highest BCUT2D eigenvalue weighted by molar-refractivity contribution is 5.86. The molecule has 0 spiro atoms. The lowest BCUT2D eigenvalue weighted by molar-refractivity contribution is 0.830. The summed E-state index contributed by atoms with van der Waals surface area (Å²) in [4.78, 5) is 2.41. The van der Waals surface area contributed by atoms with Gasteiger partial charge in [0.25, 0.3) is 0 Å². The molecule has 0 amide bonds. The first kappa shape index (κ1) is 30.9. The van der Waals surface area contributed by atoms with Crippen LogP contribution in [0.15, 0.2) is 164 Å². The minimum Gasteiger partial charge on any atom is -0.310 e. The highest BCUT2D eigenvalue weighted by Crippen LogP contribution is 2.49. The lowest BCUT2D eigenvalue weighted by Crippen LogP contribution is -2.21. The molecule has 46 heavy (non-hydrogen) atoms. The average Bonchev–Trinajstić information content (AvgIpc) is 3.37. The highest BCUT2D eigenvalue weighted by atomic mass is 15.1. The van der Waals surface area contributed by atoms with Crippen LogP contribution < -0.4 is 4.90 Å². The third kappa shape index (κ3) is 6.06. The van der Waals surface area contributed by atoms with Crippen LogP contribution in [0.4, 0.5) is 17.1 Å². The molecule has 228 valence electrons. The monoisotopic (exact) mass is 597 g/mol. The van der Waals surface area contributed by atoms with Gasteiger partial charge in [-0.1, -0.05) is 141 Å². The van der Waals surface area contributed by atoms with E-state index in [1.54, 1.807) is 0 Å². The lowest BCUT2D eigenvalue weighted by Gasteiger charge is -2.30. The van der Waals surface area contributed by atoms with E-state index >= 15 is 0 Å². The van der Waals surface area contributed by atoms with Crippen LogP contribution in [0.1, 0.15) is 56.9 Å². The maximum atomic E-state index is 2.43. The zero-order valence-electron chi connectivity index (χ0n) is 27.6. The fraction of sp³-hybridized carbons (Fsp3) is 0.156. The summed E-state index contributed by atoms with van der Waals surface area (Å²) >= 11 is 0. The van der Waals surface area contributed by atoms with E-state index in [1.165, 1.54) is 44.5 Å². The molecule has 5 aromatic rings. The minimum atomic E-state index is -0.329. The molecule has 0 N–H and O–H groups in total. The van der Waals surface area contributed by atoms with Crippen molar-refractivity contribution in [3.8, 4) is 11.1 Å². The van der Waals surface area contributed by atoms with Gasteiger partial charge in [0.05, 0.1) is 5.41 Å². The SMILES string of the molecule is C/C=C\C(=C/C(C)C)c1cccc(N(c2cccc(-c3ccccc3)c2)c2ccc3c(c2)C(/C=C/C)(c2ccccc2)C=C3C)c1. The summed E-state index contributed by atoms with van der Waals surface area (Å²) in [5.41, 5.74) is 13.1. The van der Waals surface area contributed by atoms with Gasteiger partial charge >= 0.3 is 0 Å². The van der Waals surface area contributed by atoms with Crippen molar-refractivity contribution in [1.82, 2.24) is 0 Å². The van der Waals surface area contributed by atoms with Crippen molar-refractivity contribution in [3.63, 3.8) is 0 Å². The summed E-state index contributed by atoms with van der Waals surface area (Å²) in [6.45, 7) is 10.9. The fourth-order valence-electron chi connectivity index (χ4n) is 6.82. The van der Waals surface area contributed by atoms with Crippen LogP contribution in [-0.4, -0.2) is 0 Å². The zero-order valence-corrected chi connectivity index (χ0v) is 27.6. The molecule has 0 fully saturated rings. The first-order valence-electron chi connectivity index (χ1n) is 16.4. The van der Waals surface area contributed by atoms with Crippen LogP contribution in [0.2, 0.25) is 0 Å². The molecule has 6 rings (SSSR count). The van der Waals surface area contributed by atoms with E-state index in [1.807, 2.05) is 0 Å². The first-order chi connectivity index (χ1) is 22.4. The summed E-state index contributed by atoms with van der Waals surface area (Å²) in [6, 6.07) is 46.4. The summed E-state index contributed by atoms with van der Waals surface area (Å²) in [7, 11) is 0. The van der Waals surface area contributed by atoms with Gasteiger partial charge in [-0.2, -0.15) is 0 Å². The Kier molecular flexibility index (Phi) is 9.04. The molecule has 0 radical (unpaired) electrons. The molecule has 0 bridgehead atoms. The molecular formula is C45H43N. The Morgan fingerprint density at radius 2 is 1.30 bits per heavy atom. The second-order valence-corrected chi connectivity index (χ2v) is 12.5. The van der Waals surface area contributed by atoms with Gasteiger partial charge in [-0.05, 0) is 108 Å². The van der Waals surface area contributed by atoms with Crippen molar-refractivity contribution in [2.45, 2.75) is 40.0 Å². The van der Waals surface area contributed by atoms with Crippen molar-refractivity contribution in [3.05, 3.63) is 186 Å². The minimum absolute atomic E-state index is 0.329. The number of hydrogen-bond donors (Lipinski definition) is 0. The Morgan fingerprint density at radius 3 is 2.00 bits per heavy atom. The predicted molar refractivity (Wildman–Crippen MR) is 200 cm³/mol. The summed E-state index contributed by atoms with van der Waals surface area (Å²) in [5, 5.41) is 0. The maximum Gasteiger partial charge on any atom is 0.0575 e. The van der Waals surface area contributed by atoms with Crippen molar-refractivity contribution < 1.29 is 0 Å². The third-order valence-electron chi connectivity index (χ3n) is 8.77. The van der Waals surface area contributed by atoms with Gasteiger partial charge in [0, 0.05) is 17.1 Å². The summed E-state index contributed by atoms with van der Waals surface area (Å²) in [6.07, 6.45) is 13.7. The van der Waals surface area contributed by atoms with Gasteiger partial charge in [0.1, 0.15) is 0 Å². The van der Waals surface area contributed by atoms with Gasteiger partial charge in [-0.3, -0.25) is 0 Å². The Balaban J connectivity index is 1.57. The molecule has 1 aliphatic rings. The number of anilines is 3. The molecule has 0 saturated heterocycles. The number of fused-ring (bicyclic) bond motifs is 1. The molecule has 1 unspecified atom stereocenters. The topological polar surface area (TPSA) is 3.24 Å². The van der Waals surface area contributed by atoms with E-state index < -0.39 is 0 Å². The van der Waals surface area contributed by atoms with E-state index in [0.29, 0.717) is 5.92 Å². The van der Waals surface area contributed by atoms with Crippen molar-refractivity contribution >= 4 is 28.2 Å². The molecule has 5 aromatic carbocycles. The van der Waals surface area contributed by atoms with Crippen molar-refractivity contribution in [2.75, 3.05) is 4.90 Å². The smallest absolute Gasteiger partial charge is 0.0575 e. The number of allylic oxidation sites excluding steroid dienone is 8. The van der Waals surface area contributed by atoms with Crippen LogP contribution in [0, 0.1) is 5.92 Å². The Bertz CT molecular complexity index is 1940. The highest BCUT2D eigenvalue weighted by Gasteiger charge is 2.37. The Morgan fingerprint density at radius 1 is 0.652 bits per heavy atom. The van der Waals surface area contributed by atoms with Crippen LogP contribution in [0.25, 0.3) is 22.3 Å². The largest absolute Gasteiger partial charge is 0.310 e. The van der Waals surface area contributed by atoms with Gasteiger partial charge in [0.2, 0.25) is 0 Å². The van der Waals surface area contributed by atoms with Gasteiger partial charge in [-0.15, -0.1) is 0 Å². The number of hydrogen-bond acceptors (Lipinski definition) is 1. The second kappa shape index (κ2) is 13.5. The first-order valence-corrected chi connectivity index (χ1v) is 16.4. The summed E-state index contributed by atoms with van der Waals surface area (Å²) in [5.74, 6) is 0.443. The lowest BCUT2D eigenvalue weighted by atomic mass is 9.76. The Labute approximate surface area is 275 Å². The average molecular weight is 598 g/mol. The van der Waals surface area contributed by atoms with Crippen molar-refractivity contribution in [1.29, 1.82) is 0 Å². The van der Waals surface area contributed by atoms with Crippen LogP contribution in [0.5, 0.6) is 0 Å².